The van der Waals surface area contributed by atoms with Crippen LogP contribution in [0.15, 0.2) is 29.4 Å². The van der Waals surface area contributed by atoms with Gasteiger partial charge in [0.05, 0.1) is 0 Å². The fourth-order valence-electron chi connectivity index (χ4n) is 3.51. The summed E-state index contributed by atoms with van der Waals surface area (Å²) in [6, 6.07) is 2.33. The number of carbonyl (C=O) groups is 2. The highest BCUT2D eigenvalue weighted by Gasteiger charge is 2.39. The Balaban J connectivity index is 1.64. The number of rotatable bonds is 4. The van der Waals surface area contributed by atoms with Crippen molar-refractivity contribution in [1.29, 1.82) is 0 Å². The second-order valence-corrected chi connectivity index (χ2v) is 8.33. The molecule has 0 saturated carbocycles. The van der Waals surface area contributed by atoms with Gasteiger partial charge in [0.25, 0.3) is 0 Å². The third-order valence-corrected chi connectivity index (χ3v) is 6.78. The van der Waals surface area contributed by atoms with Crippen molar-refractivity contribution in [2.24, 2.45) is 5.92 Å². The molecule has 1 aromatic heterocycles. The number of pyridine rings is 1. The number of carboxylic acids is 1. The zero-order valence-corrected chi connectivity index (χ0v) is 14.6. The topological polar surface area (TPSA) is 108 Å². The molecule has 8 nitrogen and oxygen atoms in total. The molecule has 1 atom stereocenters. The van der Waals surface area contributed by atoms with Crippen LogP contribution in [0.4, 0.5) is 0 Å². The van der Waals surface area contributed by atoms with E-state index in [1.54, 1.807) is 6.07 Å². The van der Waals surface area contributed by atoms with Crippen molar-refractivity contribution >= 4 is 21.9 Å². The molecule has 0 spiro atoms. The van der Waals surface area contributed by atoms with Gasteiger partial charge in [-0.1, -0.05) is 0 Å². The molecular formula is C16H21N3O5S. The summed E-state index contributed by atoms with van der Waals surface area (Å²) in [7, 11) is -3.60. The monoisotopic (exact) mass is 367 g/mol. The molecular weight excluding hydrogens is 346 g/mol. The van der Waals surface area contributed by atoms with Crippen molar-refractivity contribution in [1.82, 2.24) is 14.2 Å². The second-order valence-electron chi connectivity index (χ2n) is 6.39. The van der Waals surface area contributed by atoms with Crippen LogP contribution in [-0.4, -0.2) is 65.3 Å². The Morgan fingerprint density at radius 1 is 1.16 bits per heavy atom. The van der Waals surface area contributed by atoms with Gasteiger partial charge in [0.15, 0.2) is 0 Å². The lowest BCUT2D eigenvalue weighted by Crippen LogP contribution is -2.47. The fourth-order valence-corrected chi connectivity index (χ4v) is 4.95. The van der Waals surface area contributed by atoms with E-state index in [1.807, 2.05) is 0 Å². The molecule has 2 aliphatic rings. The molecule has 1 aromatic rings. The molecule has 2 fully saturated rings. The van der Waals surface area contributed by atoms with Crippen LogP contribution in [0.25, 0.3) is 0 Å². The predicted octanol–water partition coefficient (Wildman–Crippen LogP) is 0.558. The van der Waals surface area contributed by atoms with E-state index < -0.39 is 22.0 Å². The van der Waals surface area contributed by atoms with Gasteiger partial charge in [-0.05, 0) is 37.8 Å². The molecule has 0 unspecified atom stereocenters. The Bertz CT molecular complexity index is 744. The first kappa shape index (κ1) is 17.8. The first-order valence-electron chi connectivity index (χ1n) is 8.34. The minimum absolute atomic E-state index is 0.144. The van der Waals surface area contributed by atoms with Crippen molar-refractivity contribution in [3.8, 4) is 0 Å². The number of hydrogen-bond donors (Lipinski definition) is 1. The van der Waals surface area contributed by atoms with E-state index in [-0.39, 0.29) is 29.8 Å². The lowest BCUT2D eigenvalue weighted by Gasteiger charge is -2.33. The molecule has 1 amide bonds. The first-order valence-corrected chi connectivity index (χ1v) is 9.78. The third-order valence-electron chi connectivity index (χ3n) is 4.90. The maximum absolute atomic E-state index is 12.6. The summed E-state index contributed by atoms with van der Waals surface area (Å²) in [5.74, 6) is -1.45. The van der Waals surface area contributed by atoms with Gasteiger partial charge >= 0.3 is 5.97 Å². The van der Waals surface area contributed by atoms with Gasteiger partial charge in [-0.3, -0.25) is 9.78 Å². The SMILES string of the molecule is O=C(O)[C@@H]1CCCN1C(=O)C1CCN(S(=O)(=O)c2cccnc2)CC1. The zero-order valence-electron chi connectivity index (χ0n) is 13.7. The van der Waals surface area contributed by atoms with Crippen LogP contribution in [0.5, 0.6) is 0 Å². The number of nitrogens with zero attached hydrogens (tertiary/aromatic N) is 3. The third kappa shape index (κ3) is 3.52. The lowest BCUT2D eigenvalue weighted by atomic mass is 9.96. The molecule has 3 rings (SSSR count). The van der Waals surface area contributed by atoms with Crippen LogP contribution in [0.1, 0.15) is 25.7 Å². The van der Waals surface area contributed by atoms with E-state index in [9.17, 15) is 23.1 Å². The molecule has 2 saturated heterocycles. The summed E-state index contributed by atoms with van der Waals surface area (Å²) in [6.45, 7) is 0.961. The molecule has 9 heteroatoms. The first-order chi connectivity index (χ1) is 11.9. The Morgan fingerprint density at radius 3 is 2.48 bits per heavy atom. The molecule has 2 aliphatic heterocycles. The van der Waals surface area contributed by atoms with Crippen molar-refractivity contribution in [2.75, 3.05) is 19.6 Å². The van der Waals surface area contributed by atoms with Crippen LogP contribution in [0.3, 0.4) is 0 Å². The Morgan fingerprint density at radius 2 is 1.88 bits per heavy atom. The molecule has 136 valence electrons. The number of sulfonamides is 1. The maximum Gasteiger partial charge on any atom is 0.326 e. The van der Waals surface area contributed by atoms with E-state index in [0.29, 0.717) is 32.2 Å². The van der Waals surface area contributed by atoms with Crippen LogP contribution in [-0.2, 0) is 19.6 Å². The second kappa shape index (κ2) is 7.09. The van der Waals surface area contributed by atoms with Crippen molar-refractivity contribution in [3.63, 3.8) is 0 Å². The summed E-state index contributed by atoms with van der Waals surface area (Å²) < 4.78 is 26.5. The molecule has 0 radical (unpaired) electrons. The number of carbonyl (C=O) groups excluding carboxylic acids is 1. The van der Waals surface area contributed by atoms with E-state index in [4.69, 9.17) is 0 Å². The highest BCUT2D eigenvalue weighted by atomic mass is 32.2. The van der Waals surface area contributed by atoms with Crippen LogP contribution >= 0.6 is 0 Å². The number of hydrogen-bond acceptors (Lipinski definition) is 5. The van der Waals surface area contributed by atoms with Gasteiger partial charge < -0.3 is 10.0 Å². The number of carboxylic acid groups (broad SMARTS) is 1. The van der Waals surface area contributed by atoms with Gasteiger partial charge in [0, 0.05) is 37.9 Å². The van der Waals surface area contributed by atoms with Gasteiger partial charge in [0.2, 0.25) is 15.9 Å². The highest BCUT2D eigenvalue weighted by Crippen LogP contribution is 2.27. The molecule has 25 heavy (non-hydrogen) atoms. The molecule has 0 bridgehead atoms. The van der Waals surface area contributed by atoms with Crippen LogP contribution in [0.2, 0.25) is 0 Å². The number of amides is 1. The zero-order chi connectivity index (χ0) is 18.0. The largest absolute Gasteiger partial charge is 0.480 e. The maximum atomic E-state index is 12.6. The van der Waals surface area contributed by atoms with E-state index >= 15 is 0 Å². The van der Waals surface area contributed by atoms with Crippen molar-refractivity contribution in [3.05, 3.63) is 24.5 Å². The van der Waals surface area contributed by atoms with Gasteiger partial charge in [-0.25, -0.2) is 13.2 Å². The summed E-state index contributed by atoms with van der Waals surface area (Å²) in [5.41, 5.74) is 0. The molecule has 0 aromatic carbocycles. The summed E-state index contributed by atoms with van der Waals surface area (Å²) in [5, 5.41) is 9.22. The predicted molar refractivity (Wildman–Crippen MR) is 88.1 cm³/mol. The van der Waals surface area contributed by atoms with E-state index in [0.717, 1.165) is 0 Å². The fraction of sp³-hybridized carbons (Fsp3) is 0.562. The highest BCUT2D eigenvalue weighted by molar-refractivity contribution is 7.89. The summed E-state index contributed by atoms with van der Waals surface area (Å²) in [6.07, 6.45) is 4.81. The smallest absolute Gasteiger partial charge is 0.326 e. The average molecular weight is 367 g/mol. The van der Waals surface area contributed by atoms with Crippen molar-refractivity contribution in [2.45, 2.75) is 36.6 Å². The van der Waals surface area contributed by atoms with E-state index in [2.05, 4.69) is 4.98 Å². The van der Waals surface area contributed by atoms with Gasteiger partial charge in [-0.15, -0.1) is 0 Å². The summed E-state index contributed by atoms with van der Waals surface area (Å²) in [4.78, 5) is 29.3. The number of aromatic nitrogens is 1. The Hall–Kier alpha value is -2.00. The normalized spacial score (nSPS) is 22.9. The molecule has 3 heterocycles. The van der Waals surface area contributed by atoms with Gasteiger partial charge in [0.1, 0.15) is 10.9 Å². The standard InChI is InChI=1S/C16H21N3O5S/c20-15(19-8-2-4-14(19)16(21)22)12-5-9-18(10-6-12)25(23,24)13-3-1-7-17-11-13/h1,3,7,11-12,14H,2,4-6,8-10H2,(H,21,22)/t14-/m0/s1. The van der Waals surface area contributed by atoms with Gasteiger partial charge in [-0.2, -0.15) is 4.31 Å². The van der Waals surface area contributed by atoms with Crippen LogP contribution < -0.4 is 0 Å². The minimum Gasteiger partial charge on any atom is -0.480 e. The Kier molecular flexibility index (Phi) is 5.05. The number of aliphatic carboxylic acids is 1. The summed E-state index contributed by atoms with van der Waals surface area (Å²) >= 11 is 0. The lowest BCUT2D eigenvalue weighted by molar-refractivity contribution is -0.150. The van der Waals surface area contributed by atoms with E-state index in [1.165, 1.54) is 27.7 Å². The quantitative estimate of drug-likeness (QED) is 0.833. The number of likely N-dealkylation sites (tertiary alicyclic amines) is 1. The van der Waals surface area contributed by atoms with Crippen molar-refractivity contribution < 1.29 is 23.1 Å². The molecule has 0 aliphatic carbocycles. The molecule has 1 N–H and O–H groups in total. The minimum atomic E-state index is -3.60. The van der Waals surface area contributed by atoms with Crippen LogP contribution in [0, 0.1) is 5.92 Å². The number of piperidine rings is 1. The average Bonchev–Trinajstić information content (AvgIpc) is 3.12. The Labute approximate surface area is 146 Å².